The zero-order valence-corrected chi connectivity index (χ0v) is 22.1. The van der Waals surface area contributed by atoms with E-state index in [4.69, 9.17) is 26.1 Å². The zero-order chi connectivity index (χ0) is 25.0. The van der Waals surface area contributed by atoms with Gasteiger partial charge >= 0.3 is 6.09 Å². The number of halogens is 1. The lowest BCUT2D eigenvalue weighted by Gasteiger charge is -2.25. The fourth-order valence-corrected chi connectivity index (χ4v) is 5.33. The molecule has 0 unspecified atom stereocenters. The number of alkyl halides is 1. The summed E-state index contributed by atoms with van der Waals surface area (Å²) in [6.07, 6.45) is 8.31. The lowest BCUT2D eigenvalue weighted by atomic mass is 9.82. The first-order valence-corrected chi connectivity index (χ1v) is 13.1. The molecule has 1 aliphatic rings. The average molecular weight is 501 g/mol. The topological polar surface area (TPSA) is 54.6 Å². The maximum Gasteiger partial charge on any atom is 0.419 e. The third kappa shape index (κ3) is 5.76. The lowest BCUT2D eigenvalue weighted by molar-refractivity contribution is -0.282. The molecule has 0 radical (unpaired) electrons. The summed E-state index contributed by atoms with van der Waals surface area (Å²) in [6, 6.07) is 10.4. The molecule has 35 heavy (non-hydrogen) atoms. The van der Waals surface area contributed by atoms with Crippen LogP contribution in [0.2, 0.25) is 0 Å². The number of ether oxygens (including phenoxy) is 1. The molecule has 1 saturated carbocycles. The predicted molar refractivity (Wildman–Crippen MR) is 140 cm³/mol. The number of benzene rings is 1. The molecule has 0 saturated heterocycles. The first kappa shape index (κ1) is 25.8. The molecular weight excluding hydrogens is 464 g/mol. The van der Waals surface area contributed by atoms with Crippen molar-refractivity contribution in [1.82, 2.24) is 9.13 Å². The van der Waals surface area contributed by atoms with Gasteiger partial charge in [-0.05, 0) is 75.3 Å². The Labute approximate surface area is 213 Å². The largest absolute Gasteiger partial charge is 0.443 e. The summed E-state index contributed by atoms with van der Waals surface area (Å²) in [5, 5.41) is 1.24. The molecule has 1 aromatic carbocycles. The van der Waals surface area contributed by atoms with Crippen LogP contribution in [0.4, 0.5) is 4.79 Å². The molecule has 0 spiro atoms. The molecule has 6 nitrogen and oxygen atoms in total. The minimum absolute atomic E-state index is 0.365. The Morgan fingerprint density at radius 2 is 1.91 bits per heavy atom. The summed E-state index contributed by atoms with van der Waals surface area (Å²) in [6.45, 7) is 6.81. The Balaban J connectivity index is 1.94. The Hall–Kier alpha value is -2.28. The normalized spacial score (nSPS) is 15.1. The second-order valence-corrected chi connectivity index (χ2v) is 10.7. The molecule has 0 atom stereocenters. The Kier molecular flexibility index (Phi) is 8.25. The number of carbonyl (C=O) groups is 1. The van der Waals surface area contributed by atoms with Gasteiger partial charge in [-0.1, -0.05) is 31.4 Å². The quantitative estimate of drug-likeness (QED) is 0.181. The van der Waals surface area contributed by atoms with Crippen molar-refractivity contribution >= 4 is 28.6 Å². The number of hydrogen-bond donors (Lipinski definition) is 0. The standard InChI is InChI=1S/C28H37ClN2O4/c1-28(2,3)35-27(32)31-16-8-12-23(31)26-25(21-10-6-5-7-11-21)22-14-13-20(19-34-33-4)18-24(22)30(26)17-9-15-29/h8,12-14,16,18,21H,5-7,9-11,15,17,19H2,1-4H3. The third-order valence-electron chi connectivity index (χ3n) is 6.62. The van der Waals surface area contributed by atoms with E-state index in [2.05, 4.69) is 22.8 Å². The van der Waals surface area contributed by atoms with Crippen LogP contribution in [0, 0.1) is 0 Å². The summed E-state index contributed by atoms with van der Waals surface area (Å²) < 4.78 is 9.74. The SMILES string of the molecule is COOCc1ccc2c(C3CCCCC3)c(-c3cccn3C(=O)OC(C)(C)C)n(CCCCl)c2c1. The molecule has 2 heterocycles. The number of aromatic nitrogens is 2. The highest BCUT2D eigenvalue weighted by atomic mass is 35.5. The van der Waals surface area contributed by atoms with Gasteiger partial charge in [0.05, 0.1) is 18.5 Å². The van der Waals surface area contributed by atoms with Crippen molar-refractivity contribution in [1.29, 1.82) is 0 Å². The van der Waals surface area contributed by atoms with E-state index in [0.717, 1.165) is 48.3 Å². The van der Waals surface area contributed by atoms with Gasteiger partial charge in [-0.3, -0.25) is 4.57 Å². The molecule has 0 aliphatic heterocycles. The van der Waals surface area contributed by atoms with Crippen molar-refractivity contribution < 1.29 is 19.3 Å². The molecule has 0 amide bonds. The summed E-state index contributed by atoms with van der Waals surface area (Å²) in [5.41, 5.74) is 4.88. The molecule has 3 aromatic rings. The van der Waals surface area contributed by atoms with Gasteiger partial charge < -0.3 is 9.30 Å². The summed E-state index contributed by atoms with van der Waals surface area (Å²) in [5.74, 6) is 1.01. The Morgan fingerprint density at radius 3 is 2.60 bits per heavy atom. The fourth-order valence-electron chi connectivity index (χ4n) is 5.21. The maximum absolute atomic E-state index is 13.2. The van der Waals surface area contributed by atoms with Crippen LogP contribution >= 0.6 is 11.6 Å². The first-order chi connectivity index (χ1) is 16.8. The fraction of sp³-hybridized carbons (Fsp3) is 0.536. The van der Waals surface area contributed by atoms with Crippen LogP contribution in [0.15, 0.2) is 36.5 Å². The maximum atomic E-state index is 13.2. The minimum Gasteiger partial charge on any atom is -0.443 e. The van der Waals surface area contributed by atoms with Crippen LogP contribution in [-0.4, -0.2) is 33.8 Å². The summed E-state index contributed by atoms with van der Waals surface area (Å²) >= 11 is 6.16. The van der Waals surface area contributed by atoms with Gasteiger partial charge in [0.1, 0.15) is 12.2 Å². The highest BCUT2D eigenvalue weighted by Crippen LogP contribution is 2.44. The van der Waals surface area contributed by atoms with Crippen LogP contribution in [0.3, 0.4) is 0 Å². The Bertz CT molecular complexity index is 1150. The number of fused-ring (bicyclic) bond motifs is 1. The second kappa shape index (κ2) is 11.2. The van der Waals surface area contributed by atoms with Crippen molar-refractivity contribution in [3.63, 3.8) is 0 Å². The van der Waals surface area contributed by atoms with Gasteiger partial charge in [0, 0.05) is 29.5 Å². The van der Waals surface area contributed by atoms with Gasteiger partial charge in [-0.2, -0.15) is 0 Å². The van der Waals surface area contributed by atoms with E-state index in [-0.39, 0.29) is 6.09 Å². The van der Waals surface area contributed by atoms with E-state index in [0.29, 0.717) is 18.4 Å². The number of nitrogens with zero attached hydrogens (tertiary/aromatic N) is 2. The average Bonchev–Trinajstić information content (AvgIpc) is 3.43. The summed E-state index contributed by atoms with van der Waals surface area (Å²) in [7, 11) is 1.52. The highest BCUT2D eigenvalue weighted by molar-refractivity contribution is 6.17. The molecule has 0 bridgehead atoms. The molecule has 0 N–H and O–H groups in total. The van der Waals surface area contributed by atoms with Gasteiger partial charge in [-0.25, -0.2) is 14.6 Å². The first-order valence-electron chi connectivity index (χ1n) is 12.6. The van der Waals surface area contributed by atoms with E-state index in [9.17, 15) is 4.79 Å². The van der Waals surface area contributed by atoms with Gasteiger partial charge in [-0.15, -0.1) is 11.6 Å². The van der Waals surface area contributed by atoms with Crippen LogP contribution < -0.4 is 0 Å². The molecule has 2 aromatic heterocycles. The van der Waals surface area contributed by atoms with Crippen molar-refractivity contribution in [2.45, 2.75) is 84.0 Å². The van der Waals surface area contributed by atoms with Gasteiger partial charge in [0.2, 0.25) is 0 Å². The number of hydrogen-bond acceptors (Lipinski definition) is 4. The zero-order valence-electron chi connectivity index (χ0n) is 21.3. The third-order valence-corrected chi connectivity index (χ3v) is 6.89. The van der Waals surface area contributed by atoms with Crippen LogP contribution in [-0.2, 0) is 27.7 Å². The van der Waals surface area contributed by atoms with E-state index < -0.39 is 5.60 Å². The molecular formula is C28H37ClN2O4. The van der Waals surface area contributed by atoms with Crippen molar-refractivity contribution in [3.8, 4) is 11.4 Å². The van der Waals surface area contributed by atoms with Crippen molar-refractivity contribution in [2.75, 3.05) is 13.0 Å². The van der Waals surface area contributed by atoms with E-state index >= 15 is 0 Å². The van der Waals surface area contributed by atoms with Crippen molar-refractivity contribution in [2.24, 2.45) is 0 Å². The van der Waals surface area contributed by atoms with Crippen LogP contribution in [0.1, 0.15) is 76.3 Å². The number of rotatable bonds is 8. The lowest BCUT2D eigenvalue weighted by Crippen LogP contribution is -2.27. The van der Waals surface area contributed by atoms with Gasteiger partial charge in [0.15, 0.2) is 0 Å². The molecule has 7 heteroatoms. The van der Waals surface area contributed by atoms with E-state index in [1.807, 2.05) is 32.9 Å². The molecule has 190 valence electrons. The van der Waals surface area contributed by atoms with Crippen LogP contribution in [0.25, 0.3) is 22.3 Å². The van der Waals surface area contributed by atoms with E-state index in [1.54, 1.807) is 10.8 Å². The highest BCUT2D eigenvalue weighted by Gasteiger charge is 2.29. The summed E-state index contributed by atoms with van der Waals surface area (Å²) in [4.78, 5) is 23.3. The number of carbonyl (C=O) groups excluding carboxylic acids is 1. The monoisotopic (exact) mass is 500 g/mol. The smallest absolute Gasteiger partial charge is 0.419 e. The molecule has 1 aliphatic carbocycles. The predicted octanol–water partition coefficient (Wildman–Crippen LogP) is 7.65. The molecule has 4 rings (SSSR count). The van der Waals surface area contributed by atoms with Crippen molar-refractivity contribution in [3.05, 3.63) is 47.7 Å². The van der Waals surface area contributed by atoms with Crippen LogP contribution in [0.5, 0.6) is 0 Å². The Morgan fingerprint density at radius 1 is 1.14 bits per heavy atom. The minimum atomic E-state index is -0.577. The van der Waals surface area contributed by atoms with E-state index in [1.165, 1.54) is 37.3 Å². The molecule has 1 fully saturated rings. The number of aryl methyl sites for hydroxylation is 1. The second-order valence-electron chi connectivity index (χ2n) is 10.3. The van der Waals surface area contributed by atoms with Gasteiger partial charge in [0.25, 0.3) is 0 Å².